The third-order valence-corrected chi connectivity index (χ3v) is 5.78. The molecule has 0 saturated carbocycles. The Hall–Kier alpha value is -2.75. The minimum absolute atomic E-state index is 0.210. The van der Waals surface area contributed by atoms with Gasteiger partial charge in [0.1, 0.15) is 16.9 Å². The number of benzene rings is 2. The maximum atomic E-state index is 12.6. The van der Waals surface area contributed by atoms with Gasteiger partial charge in [0.05, 0.1) is 9.82 Å². The number of nitro groups is 1. The molecule has 1 unspecified atom stereocenters. The van der Waals surface area contributed by atoms with Crippen LogP contribution in [0, 0.1) is 17.0 Å². The summed E-state index contributed by atoms with van der Waals surface area (Å²) in [5.74, 6) is 0.210. The van der Waals surface area contributed by atoms with Crippen molar-refractivity contribution in [1.82, 2.24) is 4.72 Å². The molecule has 9 heteroatoms. The monoisotopic (exact) mass is 390 g/mol. The van der Waals surface area contributed by atoms with Gasteiger partial charge in [0, 0.05) is 24.1 Å². The number of aliphatic hydroxyl groups is 1. The summed E-state index contributed by atoms with van der Waals surface area (Å²) < 4.78 is 33.1. The van der Waals surface area contributed by atoms with Crippen LogP contribution in [0.25, 0.3) is 11.0 Å². The molecule has 1 heterocycles. The number of nitrogens with zero attached hydrogens (tertiary/aromatic N) is 1. The number of sulfonamides is 1. The largest absolute Gasteiger partial charge is 0.458 e. The van der Waals surface area contributed by atoms with E-state index in [0.717, 1.165) is 11.5 Å². The van der Waals surface area contributed by atoms with E-state index >= 15 is 0 Å². The molecule has 0 amide bonds. The summed E-state index contributed by atoms with van der Waals surface area (Å²) in [7, 11) is -4.07. The lowest BCUT2D eigenvalue weighted by Gasteiger charge is -2.21. The van der Waals surface area contributed by atoms with Gasteiger partial charge in [-0.05, 0) is 31.5 Å². The van der Waals surface area contributed by atoms with Crippen molar-refractivity contribution in [2.24, 2.45) is 0 Å². The fourth-order valence-electron chi connectivity index (χ4n) is 2.64. The summed E-state index contributed by atoms with van der Waals surface area (Å²) in [4.78, 5) is 10.0. The van der Waals surface area contributed by atoms with Gasteiger partial charge in [-0.3, -0.25) is 10.1 Å². The van der Waals surface area contributed by atoms with Gasteiger partial charge in [-0.2, -0.15) is 0 Å². The van der Waals surface area contributed by atoms with Crippen molar-refractivity contribution < 1.29 is 22.9 Å². The standard InChI is InChI=1S/C18H18N2O6S/c1-12-7-8-14(20(22)23)10-16(12)27(24,25)19-11-18(2,21)17-9-13-5-3-4-6-15(13)26-17/h3-10,19,21H,11H2,1-2H3. The average molecular weight is 390 g/mol. The summed E-state index contributed by atoms with van der Waals surface area (Å²) in [5, 5.41) is 22.4. The van der Waals surface area contributed by atoms with Crippen molar-refractivity contribution in [2.75, 3.05) is 6.54 Å². The highest BCUT2D eigenvalue weighted by Crippen LogP contribution is 2.28. The minimum atomic E-state index is -4.07. The molecule has 2 N–H and O–H groups in total. The zero-order valence-electron chi connectivity index (χ0n) is 14.7. The zero-order chi connectivity index (χ0) is 19.8. The molecule has 0 aliphatic heterocycles. The first kappa shape index (κ1) is 19.0. The first-order valence-corrected chi connectivity index (χ1v) is 9.55. The lowest BCUT2D eigenvalue weighted by atomic mass is 10.0. The highest BCUT2D eigenvalue weighted by atomic mass is 32.2. The lowest BCUT2D eigenvalue weighted by molar-refractivity contribution is -0.385. The molecule has 0 fully saturated rings. The second-order valence-corrected chi connectivity index (χ2v) is 8.19. The predicted octanol–water partition coefficient (Wildman–Crippen LogP) is 2.84. The predicted molar refractivity (Wildman–Crippen MR) is 98.8 cm³/mol. The van der Waals surface area contributed by atoms with Crippen LogP contribution in [0.15, 0.2) is 57.8 Å². The third-order valence-electron chi connectivity index (χ3n) is 4.23. The molecule has 1 atom stereocenters. The number of rotatable bonds is 6. The third kappa shape index (κ3) is 3.85. The first-order chi connectivity index (χ1) is 12.6. The quantitative estimate of drug-likeness (QED) is 0.493. The van der Waals surface area contributed by atoms with Gasteiger partial charge in [-0.15, -0.1) is 0 Å². The maximum absolute atomic E-state index is 12.6. The summed E-state index contributed by atoms with van der Waals surface area (Å²) in [6.07, 6.45) is 0. The van der Waals surface area contributed by atoms with Gasteiger partial charge in [0.15, 0.2) is 0 Å². The average Bonchev–Trinajstić information content (AvgIpc) is 3.05. The van der Waals surface area contributed by atoms with E-state index in [-0.39, 0.29) is 22.9 Å². The van der Waals surface area contributed by atoms with Crippen molar-refractivity contribution in [3.8, 4) is 0 Å². The molecule has 0 radical (unpaired) electrons. The number of furan rings is 1. The molecule has 3 aromatic rings. The smallest absolute Gasteiger partial charge is 0.270 e. The van der Waals surface area contributed by atoms with Crippen molar-refractivity contribution in [2.45, 2.75) is 24.3 Å². The molecule has 27 heavy (non-hydrogen) atoms. The number of para-hydroxylation sites is 1. The van der Waals surface area contributed by atoms with Crippen LogP contribution in [-0.4, -0.2) is 25.0 Å². The van der Waals surface area contributed by atoms with E-state index in [4.69, 9.17) is 4.42 Å². The van der Waals surface area contributed by atoms with Crippen LogP contribution in [0.4, 0.5) is 5.69 Å². The van der Waals surface area contributed by atoms with Crippen LogP contribution >= 0.6 is 0 Å². The van der Waals surface area contributed by atoms with Crippen LogP contribution in [0.5, 0.6) is 0 Å². The van der Waals surface area contributed by atoms with E-state index in [2.05, 4.69) is 4.72 Å². The highest BCUT2D eigenvalue weighted by Gasteiger charge is 2.30. The van der Waals surface area contributed by atoms with Gasteiger partial charge < -0.3 is 9.52 Å². The minimum Gasteiger partial charge on any atom is -0.458 e. The Morgan fingerprint density at radius 3 is 2.59 bits per heavy atom. The Labute approximate surface area is 155 Å². The van der Waals surface area contributed by atoms with Crippen LogP contribution in [-0.2, 0) is 15.6 Å². The van der Waals surface area contributed by atoms with Crippen molar-refractivity contribution >= 4 is 26.7 Å². The molecule has 0 saturated heterocycles. The zero-order valence-corrected chi connectivity index (χ0v) is 15.5. The van der Waals surface area contributed by atoms with E-state index in [1.165, 1.54) is 26.0 Å². The van der Waals surface area contributed by atoms with Crippen LogP contribution in [0.3, 0.4) is 0 Å². The molecule has 8 nitrogen and oxygen atoms in total. The van der Waals surface area contributed by atoms with E-state index < -0.39 is 20.5 Å². The van der Waals surface area contributed by atoms with Gasteiger partial charge in [-0.25, -0.2) is 13.1 Å². The molecule has 2 aromatic carbocycles. The van der Waals surface area contributed by atoms with Gasteiger partial charge in [-0.1, -0.05) is 24.3 Å². The normalized spacial score (nSPS) is 14.2. The summed E-state index contributed by atoms with van der Waals surface area (Å²) >= 11 is 0. The Balaban J connectivity index is 1.86. The second-order valence-electron chi connectivity index (χ2n) is 6.45. The number of hydrogen-bond donors (Lipinski definition) is 2. The highest BCUT2D eigenvalue weighted by molar-refractivity contribution is 7.89. The Bertz CT molecular complexity index is 1080. The molecule has 0 aliphatic carbocycles. The van der Waals surface area contributed by atoms with E-state index in [1.807, 2.05) is 12.1 Å². The molecular weight excluding hydrogens is 372 g/mol. The number of aryl methyl sites for hydroxylation is 1. The Kier molecular flexibility index (Phi) is 4.77. The Morgan fingerprint density at radius 2 is 1.93 bits per heavy atom. The first-order valence-electron chi connectivity index (χ1n) is 8.06. The van der Waals surface area contributed by atoms with E-state index in [1.54, 1.807) is 18.2 Å². The topological polar surface area (TPSA) is 123 Å². The second kappa shape index (κ2) is 6.76. The summed E-state index contributed by atoms with van der Waals surface area (Å²) in [6.45, 7) is 2.60. The van der Waals surface area contributed by atoms with Crippen LogP contribution in [0.2, 0.25) is 0 Å². The molecule has 142 valence electrons. The van der Waals surface area contributed by atoms with Crippen molar-refractivity contribution in [3.63, 3.8) is 0 Å². The number of nitro benzene ring substituents is 1. The summed E-state index contributed by atoms with van der Waals surface area (Å²) in [6, 6.07) is 12.4. The number of nitrogens with one attached hydrogen (secondary N) is 1. The van der Waals surface area contributed by atoms with Gasteiger partial charge in [0.25, 0.3) is 5.69 Å². The molecule has 3 rings (SSSR count). The van der Waals surface area contributed by atoms with Crippen molar-refractivity contribution in [3.05, 3.63) is 70.0 Å². The number of fused-ring (bicyclic) bond motifs is 1. The SMILES string of the molecule is Cc1ccc([N+](=O)[O-])cc1S(=O)(=O)NCC(C)(O)c1cc2ccccc2o1. The molecule has 0 bridgehead atoms. The lowest BCUT2D eigenvalue weighted by Crippen LogP contribution is -2.38. The number of hydrogen-bond acceptors (Lipinski definition) is 6. The van der Waals surface area contributed by atoms with Gasteiger partial charge >= 0.3 is 0 Å². The number of non-ortho nitro benzene ring substituents is 1. The molecule has 0 spiro atoms. The van der Waals surface area contributed by atoms with E-state index in [9.17, 15) is 23.6 Å². The molecule has 1 aromatic heterocycles. The fourth-order valence-corrected chi connectivity index (χ4v) is 4.03. The van der Waals surface area contributed by atoms with Crippen molar-refractivity contribution in [1.29, 1.82) is 0 Å². The van der Waals surface area contributed by atoms with E-state index in [0.29, 0.717) is 11.1 Å². The van der Waals surface area contributed by atoms with Gasteiger partial charge in [0.2, 0.25) is 10.0 Å². The fraction of sp³-hybridized carbons (Fsp3) is 0.222. The molecule has 0 aliphatic rings. The van der Waals surface area contributed by atoms with Crippen LogP contribution in [0.1, 0.15) is 18.2 Å². The maximum Gasteiger partial charge on any atom is 0.270 e. The van der Waals surface area contributed by atoms with Crippen LogP contribution < -0.4 is 4.72 Å². The Morgan fingerprint density at radius 1 is 1.22 bits per heavy atom. The molecular formula is C18H18N2O6S. The summed E-state index contributed by atoms with van der Waals surface area (Å²) in [5.41, 5.74) is -1.01.